The molecule has 7 atom stereocenters. The summed E-state index contributed by atoms with van der Waals surface area (Å²) < 4.78 is 6.00. The van der Waals surface area contributed by atoms with Crippen molar-refractivity contribution in [1.82, 2.24) is 0 Å². The first kappa shape index (κ1) is 23.0. The molecule has 4 aliphatic rings. The number of esters is 1. The third-order valence-corrected chi connectivity index (χ3v) is 9.57. The summed E-state index contributed by atoms with van der Waals surface area (Å²) in [4.78, 5) is 37.8. The van der Waals surface area contributed by atoms with Crippen LogP contribution in [-0.2, 0) is 19.1 Å². The molecule has 0 spiro atoms. The van der Waals surface area contributed by atoms with Gasteiger partial charge in [-0.25, -0.2) is 0 Å². The Morgan fingerprint density at radius 2 is 1.97 bits per heavy atom. The van der Waals surface area contributed by atoms with Gasteiger partial charge in [0.05, 0.1) is 12.0 Å². The Bertz CT molecular complexity index is 821. The summed E-state index contributed by atoms with van der Waals surface area (Å²) in [5.41, 5.74) is -0.886. The molecule has 0 saturated heterocycles. The number of hydrogen-bond acceptors (Lipinski definition) is 5. The van der Waals surface area contributed by atoms with Gasteiger partial charge in [0.25, 0.3) is 0 Å². The van der Waals surface area contributed by atoms with E-state index in [9.17, 15) is 19.5 Å². The molecule has 0 radical (unpaired) electrons. The molecular weight excluding hydrogens is 416 g/mol. The zero-order valence-corrected chi connectivity index (χ0v) is 19.7. The van der Waals surface area contributed by atoms with E-state index in [1.807, 2.05) is 19.9 Å². The minimum absolute atomic E-state index is 0.0620. The maximum atomic E-state index is 13.2. The van der Waals surface area contributed by atoms with Crippen molar-refractivity contribution in [2.45, 2.75) is 90.3 Å². The van der Waals surface area contributed by atoms with Crippen molar-refractivity contribution in [3.63, 3.8) is 0 Å². The van der Waals surface area contributed by atoms with Crippen LogP contribution in [-0.4, -0.2) is 40.2 Å². The number of hydrogen-bond donors (Lipinski definition) is 1. The summed E-state index contributed by atoms with van der Waals surface area (Å²) in [6.45, 7) is 6.15. The van der Waals surface area contributed by atoms with E-state index in [1.54, 1.807) is 0 Å². The molecule has 4 rings (SSSR count). The van der Waals surface area contributed by atoms with E-state index in [0.717, 1.165) is 25.7 Å². The van der Waals surface area contributed by atoms with Crippen LogP contribution in [0.3, 0.4) is 0 Å². The van der Waals surface area contributed by atoms with Crippen LogP contribution >= 0.6 is 11.6 Å². The average Bonchev–Trinajstić information content (AvgIpc) is 3.00. The Morgan fingerprint density at radius 1 is 1.23 bits per heavy atom. The number of carbonyl (C=O) groups excluding carboxylic acids is 3. The van der Waals surface area contributed by atoms with Gasteiger partial charge in [-0.15, -0.1) is 11.6 Å². The van der Waals surface area contributed by atoms with Crippen molar-refractivity contribution in [1.29, 1.82) is 0 Å². The first-order valence-corrected chi connectivity index (χ1v) is 12.4. The zero-order chi connectivity index (χ0) is 22.6. The second kappa shape index (κ2) is 7.98. The quantitative estimate of drug-likeness (QED) is 0.496. The number of fused-ring (bicyclic) bond motifs is 5. The molecule has 1 N–H and O–H groups in total. The lowest BCUT2D eigenvalue weighted by Gasteiger charge is -2.60. The van der Waals surface area contributed by atoms with Gasteiger partial charge in [-0.3, -0.25) is 14.4 Å². The molecule has 172 valence electrons. The van der Waals surface area contributed by atoms with E-state index in [-0.39, 0.29) is 53.0 Å². The fourth-order valence-electron chi connectivity index (χ4n) is 7.92. The summed E-state index contributed by atoms with van der Waals surface area (Å²) in [7, 11) is 0. The number of ketones is 2. The van der Waals surface area contributed by atoms with Crippen molar-refractivity contribution in [2.24, 2.45) is 28.6 Å². The first-order chi connectivity index (χ1) is 14.6. The molecule has 4 aliphatic carbocycles. The second-order valence-electron chi connectivity index (χ2n) is 10.7. The number of alkyl halides is 1. The molecule has 0 bridgehead atoms. The summed E-state index contributed by atoms with van der Waals surface area (Å²) in [6, 6.07) is 0. The smallest absolute Gasteiger partial charge is 0.306 e. The third-order valence-electron chi connectivity index (χ3n) is 9.33. The monoisotopic (exact) mass is 450 g/mol. The fourth-order valence-corrected chi connectivity index (χ4v) is 8.13. The van der Waals surface area contributed by atoms with E-state index in [0.29, 0.717) is 25.7 Å². The van der Waals surface area contributed by atoms with Gasteiger partial charge in [0.1, 0.15) is 0 Å². The Balaban J connectivity index is 1.73. The minimum atomic E-state index is -1.25. The van der Waals surface area contributed by atoms with Crippen molar-refractivity contribution in [2.75, 3.05) is 5.88 Å². The van der Waals surface area contributed by atoms with Crippen LogP contribution in [0.1, 0.15) is 78.6 Å². The van der Waals surface area contributed by atoms with Crippen molar-refractivity contribution in [3.8, 4) is 0 Å². The minimum Gasteiger partial charge on any atom is -0.450 e. The summed E-state index contributed by atoms with van der Waals surface area (Å²) in [5, 5.41) is 11.5. The van der Waals surface area contributed by atoms with Crippen LogP contribution in [0, 0.1) is 28.6 Å². The highest BCUT2D eigenvalue weighted by molar-refractivity contribution is 6.29. The highest BCUT2D eigenvalue weighted by Crippen LogP contribution is 2.68. The maximum absolute atomic E-state index is 13.2. The first-order valence-electron chi connectivity index (χ1n) is 11.9. The number of Topliss-reactive ketones (excluding diaryl/α,β-unsaturated/α-hetero) is 1. The van der Waals surface area contributed by atoms with Gasteiger partial charge in [0, 0.05) is 18.3 Å². The highest BCUT2D eigenvalue weighted by Gasteiger charge is 2.70. The second-order valence-corrected chi connectivity index (χ2v) is 11.0. The van der Waals surface area contributed by atoms with Crippen molar-refractivity contribution >= 4 is 29.1 Å². The lowest BCUT2D eigenvalue weighted by atomic mass is 9.45. The van der Waals surface area contributed by atoms with E-state index in [2.05, 4.69) is 6.92 Å². The SMILES string of the molecule is CCCC(=O)O[C@]1(C(=O)CCl)CC[C@H]2[C@@H]3CCC4=CC(=O)CC[C@]4(C)[C@H]3C(O)C[C@@]21C. The molecule has 3 saturated carbocycles. The molecule has 0 aromatic carbocycles. The molecule has 0 heterocycles. The zero-order valence-electron chi connectivity index (χ0n) is 18.9. The number of aliphatic hydroxyl groups excluding tert-OH is 1. The van der Waals surface area contributed by atoms with E-state index in [1.165, 1.54) is 5.57 Å². The van der Waals surface area contributed by atoms with Crippen LogP contribution in [0.5, 0.6) is 0 Å². The van der Waals surface area contributed by atoms with Crippen LogP contribution in [0.2, 0.25) is 0 Å². The number of aliphatic hydroxyl groups is 1. The van der Waals surface area contributed by atoms with Crippen LogP contribution in [0.4, 0.5) is 0 Å². The summed E-state index contributed by atoms with van der Waals surface area (Å²) in [5.74, 6) is -0.120. The molecule has 0 aromatic heterocycles. The van der Waals surface area contributed by atoms with Crippen LogP contribution in [0.25, 0.3) is 0 Å². The Hall–Kier alpha value is -1.20. The average molecular weight is 451 g/mol. The van der Waals surface area contributed by atoms with Gasteiger partial charge in [-0.1, -0.05) is 26.3 Å². The third kappa shape index (κ3) is 3.25. The van der Waals surface area contributed by atoms with Crippen LogP contribution < -0.4 is 0 Å². The highest BCUT2D eigenvalue weighted by atomic mass is 35.5. The normalized spacial score (nSPS) is 44.0. The van der Waals surface area contributed by atoms with E-state index >= 15 is 0 Å². The molecule has 0 aromatic rings. The van der Waals surface area contributed by atoms with Gasteiger partial charge in [-0.05, 0) is 74.2 Å². The molecule has 6 heteroatoms. The molecule has 31 heavy (non-hydrogen) atoms. The van der Waals surface area contributed by atoms with Crippen LogP contribution in [0.15, 0.2) is 11.6 Å². The molecule has 0 amide bonds. The summed E-state index contributed by atoms with van der Waals surface area (Å²) >= 11 is 6.03. The molecule has 0 aliphatic heterocycles. The van der Waals surface area contributed by atoms with Gasteiger partial charge in [-0.2, -0.15) is 0 Å². The predicted octanol–water partition coefficient (Wildman–Crippen LogP) is 4.38. The number of rotatable bonds is 5. The van der Waals surface area contributed by atoms with Gasteiger partial charge in [0.2, 0.25) is 0 Å². The maximum Gasteiger partial charge on any atom is 0.306 e. The molecular formula is C25H35ClO5. The van der Waals surface area contributed by atoms with Gasteiger partial charge in [0.15, 0.2) is 17.2 Å². The Labute approximate surface area is 189 Å². The van der Waals surface area contributed by atoms with E-state index in [4.69, 9.17) is 16.3 Å². The molecule has 3 fully saturated rings. The van der Waals surface area contributed by atoms with Gasteiger partial charge >= 0.3 is 5.97 Å². The van der Waals surface area contributed by atoms with E-state index < -0.39 is 17.1 Å². The summed E-state index contributed by atoms with van der Waals surface area (Å²) in [6.07, 6.45) is 6.87. The number of halogens is 1. The largest absolute Gasteiger partial charge is 0.450 e. The fraction of sp³-hybridized carbons (Fsp3) is 0.800. The standard InChI is InChI=1S/C25H35ClO5/c1-4-5-21(30)31-25(20(29)14-26)11-9-18-17-7-6-15-12-16(27)8-10-23(15,2)22(17)19(28)13-24(18,25)3/h12,17-19,22,28H,4-11,13-14H2,1-3H3/t17-,18-,19?,22+,23-,24-,25-/m0/s1. The number of carbonyl (C=O) groups is 3. The molecule has 1 unspecified atom stereocenters. The van der Waals surface area contributed by atoms with Crippen molar-refractivity contribution < 1.29 is 24.2 Å². The lowest BCUT2D eigenvalue weighted by Crippen LogP contribution is -2.63. The Kier molecular flexibility index (Phi) is 5.92. The lowest BCUT2D eigenvalue weighted by molar-refractivity contribution is -0.200. The predicted molar refractivity (Wildman–Crippen MR) is 118 cm³/mol. The van der Waals surface area contributed by atoms with Gasteiger partial charge < -0.3 is 9.84 Å². The van der Waals surface area contributed by atoms with Crippen molar-refractivity contribution in [3.05, 3.63) is 11.6 Å². The topological polar surface area (TPSA) is 80.7 Å². The Morgan fingerprint density at radius 3 is 2.65 bits per heavy atom. The number of ether oxygens (including phenoxy) is 1. The number of allylic oxidation sites excluding steroid dienone is 1. The molecule has 5 nitrogen and oxygen atoms in total.